The highest BCUT2D eigenvalue weighted by molar-refractivity contribution is 6.10. The Labute approximate surface area is 191 Å². The smallest absolute Gasteiger partial charge is 0.266 e. The Morgan fingerprint density at radius 1 is 1.22 bits per heavy atom. The number of fused-ring (bicyclic) bond motifs is 1. The number of carbonyl (C=O) groups excluding carboxylic acids is 1. The molecule has 5 nitrogen and oxygen atoms in total. The molecule has 1 aliphatic heterocycles. The van der Waals surface area contributed by atoms with Gasteiger partial charge in [-0.1, -0.05) is 23.8 Å². The van der Waals surface area contributed by atoms with Crippen LogP contribution in [0.1, 0.15) is 49.9 Å². The van der Waals surface area contributed by atoms with Crippen molar-refractivity contribution in [3.63, 3.8) is 0 Å². The molecule has 166 valence electrons. The van der Waals surface area contributed by atoms with Gasteiger partial charge in [0.05, 0.1) is 12.6 Å². The van der Waals surface area contributed by atoms with E-state index in [1.165, 1.54) is 0 Å². The molecule has 5 heteroatoms. The van der Waals surface area contributed by atoms with Crippen LogP contribution >= 0.6 is 0 Å². The summed E-state index contributed by atoms with van der Waals surface area (Å²) in [5.41, 5.74) is 6.68. The summed E-state index contributed by atoms with van der Waals surface area (Å²) in [7, 11) is 1.60. The van der Waals surface area contributed by atoms with Gasteiger partial charge in [0, 0.05) is 35.1 Å². The fourth-order valence-electron chi connectivity index (χ4n) is 4.44. The molecule has 1 heterocycles. The van der Waals surface area contributed by atoms with Gasteiger partial charge < -0.3 is 15.0 Å². The van der Waals surface area contributed by atoms with Crippen LogP contribution in [0.4, 0.5) is 11.4 Å². The topological polar surface area (TPSA) is 65.4 Å². The van der Waals surface area contributed by atoms with Crippen LogP contribution in [0.25, 0.3) is 11.6 Å². The van der Waals surface area contributed by atoms with Crippen molar-refractivity contribution < 1.29 is 9.53 Å². The summed E-state index contributed by atoms with van der Waals surface area (Å²) >= 11 is 0. The van der Waals surface area contributed by atoms with E-state index in [2.05, 4.69) is 44.0 Å². The molecule has 3 rings (SSSR count). The minimum absolute atomic E-state index is 0.0216. The minimum Gasteiger partial charge on any atom is -0.496 e. The Morgan fingerprint density at radius 3 is 2.53 bits per heavy atom. The van der Waals surface area contributed by atoms with Crippen molar-refractivity contribution in [2.24, 2.45) is 0 Å². The van der Waals surface area contributed by atoms with Crippen molar-refractivity contribution in [1.82, 2.24) is 0 Å². The van der Waals surface area contributed by atoms with Crippen LogP contribution in [0.2, 0.25) is 0 Å². The molecule has 0 aliphatic carbocycles. The number of aryl methyl sites for hydroxylation is 2. The number of anilines is 2. The second kappa shape index (κ2) is 8.92. The number of hydrogen-bond acceptors (Lipinski definition) is 4. The summed E-state index contributed by atoms with van der Waals surface area (Å²) in [6.07, 6.45) is 3.85. The van der Waals surface area contributed by atoms with E-state index in [-0.39, 0.29) is 11.1 Å². The van der Waals surface area contributed by atoms with E-state index < -0.39 is 5.91 Å². The van der Waals surface area contributed by atoms with Gasteiger partial charge in [0.15, 0.2) is 0 Å². The van der Waals surface area contributed by atoms with Crippen LogP contribution in [0.3, 0.4) is 0 Å². The molecule has 0 radical (unpaired) electrons. The molecule has 0 aromatic heterocycles. The second-order valence-electron chi connectivity index (χ2n) is 8.78. The fraction of sp³-hybridized carbons (Fsp3) is 0.333. The Hall–Kier alpha value is -3.52. The number of likely N-dealkylation sites (N-methyl/N-ethyl adjacent to an activating group) is 1. The van der Waals surface area contributed by atoms with Gasteiger partial charge in [-0.15, -0.1) is 0 Å². The minimum atomic E-state index is -0.442. The fourth-order valence-corrected chi connectivity index (χ4v) is 4.44. The number of amides is 1. The van der Waals surface area contributed by atoms with E-state index in [0.29, 0.717) is 17.0 Å². The van der Waals surface area contributed by atoms with Crippen molar-refractivity contribution >= 4 is 28.9 Å². The van der Waals surface area contributed by atoms with Crippen LogP contribution in [0.15, 0.2) is 42.0 Å². The lowest BCUT2D eigenvalue weighted by Gasteiger charge is -2.43. The van der Waals surface area contributed by atoms with Crippen molar-refractivity contribution in [3.8, 4) is 11.8 Å². The van der Waals surface area contributed by atoms with Gasteiger partial charge in [-0.05, 0) is 70.9 Å². The first-order chi connectivity index (χ1) is 15.1. The number of carbonyl (C=O) groups is 1. The summed E-state index contributed by atoms with van der Waals surface area (Å²) in [5, 5.41) is 12.6. The van der Waals surface area contributed by atoms with Crippen molar-refractivity contribution in [3.05, 3.63) is 64.2 Å². The lowest BCUT2D eigenvalue weighted by molar-refractivity contribution is -0.112. The van der Waals surface area contributed by atoms with E-state index in [4.69, 9.17) is 4.74 Å². The summed E-state index contributed by atoms with van der Waals surface area (Å²) < 4.78 is 5.65. The standard InChI is InChI=1S/C27H31N3O2/c1-8-30-24-14-25(32-7)20(13-22(24)19(4)15-27(30,5)6)12-21(16-28)26(31)29-23-10-9-17(2)11-18(23)3/h9-15H,8H2,1-7H3,(H,29,31)/b21-12+. The second-order valence-corrected chi connectivity index (χ2v) is 8.78. The number of allylic oxidation sites excluding steroid dienone is 1. The van der Waals surface area contributed by atoms with E-state index in [1.54, 1.807) is 13.2 Å². The normalized spacial score (nSPS) is 14.9. The Bertz CT molecular complexity index is 1170. The number of nitrogens with one attached hydrogen (secondary N) is 1. The predicted octanol–water partition coefficient (Wildman–Crippen LogP) is 5.88. The van der Waals surface area contributed by atoms with Crippen molar-refractivity contribution in [2.75, 3.05) is 23.9 Å². The number of methoxy groups -OCH3 is 1. The lowest BCUT2D eigenvalue weighted by atomic mass is 9.87. The molecule has 0 atom stereocenters. The summed E-state index contributed by atoms with van der Waals surface area (Å²) in [6, 6.07) is 11.8. The zero-order chi connectivity index (χ0) is 23.6. The third kappa shape index (κ3) is 4.40. The summed E-state index contributed by atoms with van der Waals surface area (Å²) in [4.78, 5) is 15.2. The van der Waals surface area contributed by atoms with Crippen molar-refractivity contribution in [1.29, 1.82) is 5.26 Å². The SMILES string of the molecule is CCN1c2cc(OC)c(/C=C(\C#N)C(=O)Nc3ccc(C)cc3C)cc2C(C)=CC1(C)C. The van der Waals surface area contributed by atoms with E-state index in [0.717, 1.165) is 34.5 Å². The highest BCUT2D eigenvalue weighted by Gasteiger charge is 2.31. The molecule has 1 amide bonds. The first-order valence-corrected chi connectivity index (χ1v) is 10.8. The van der Waals surface area contributed by atoms with E-state index >= 15 is 0 Å². The number of nitrogens with zero attached hydrogens (tertiary/aromatic N) is 2. The maximum Gasteiger partial charge on any atom is 0.266 e. The molecule has 0 spiro atoms. The molecule has 0 saturated carbocycles. The highest BCUT2D eigenvalue weighted by atomic mass is 16.5. The van der Waals surface area contributed by atoms with Crippen molar-refractivity contribution in [2.45, 2.75) is 47.1 Å². The van der Waals surface area contributed by atoms with Gasteiger partial charge in [0.1, 0.15) is 17.4 Å². The van der Waals surface area contributed by atoms with Gasteiger partial charge in [0.25, 0.3) is 5.91 Å². The van der Waals surface area contributed by atoms with E-state index in [1.807, 2.05) is 50.2 Å². The third-order valence-corrected chi connectivity index (χ3v) is 5.94. The zero-order valence-electron chi connectivity index (χ0n) is 20.0. The molecule has 0 unspecified atom stereocenters. The molecule has 0 fully saturated rings. The molecule has 0 bridgehead atoms. The monoisotopic (exact) mass is 429 g/mol. The Kier molecular flexibility index (Phi) is 6.45. The largest absolute Gasteiger partial charge is 0.496 e. The number of benzene rings is 2. The molecule has 1 N–H and O–H groups in total. The molecule has 2 aromatic rings. The number of nitriles is 1. The molecule has 1 aliphatic rings. The average molecular weight is 430 g/mol. The highest BCUT2D eigenvalue weighted by Crippen LogP contribution is 2.42. The summed E-state index contributed by atoms with van der Waals surface area (Å²) in [6.45, 7) is 13.4. The van der Waals surface area contributed by atoms with E-state index in [9.17, 15) is 10.1 Å². The first kappa shape index (κ1) is 23.1. The molecule has 2 aromatic carbocycles. The van der Waals surface area contributed by atoms with Gasteiger partial charge >= 0.3 is 0 Å². The quantitative estimate of drug-likeness (QED) is 0.476. The van der Waals surface area contributed by atoms with Gasteiger partial charge in [0.2, 0.25) is 0 Å². The third-order valence-electron chi connectivity index (χ3n) is 5.94. The maximum absolute atomic E-state index is 12.9. The predicted molar refractivity (Wildman–Crippen MR) is 132 cm³/mol. The van der Waals surface area contributed by atoms with Crippen LogP contribution in [-0.2, 0) is 4.79 Å². The number of ether oxygens (including phenoxy) is 1. The number of rotatable bonds is 5. The van der Waals surface area contributed by atoms with Crippen LogP contribution in [0, 0.1) is 25.2 Å². The molecular weight excluding hydrogens is 398 g/mol. The summed E-state index contributed by atoms with van der Waals surface area (Å²) in [5.74, 6) is 0.183. The van der Waals surface area contributed by atoms with Crippen LogP contribution in [-0.4, -0.2) is 25.1 Å². The average Bonchev–Trinajstić information content (AvgIpc) is 2.73. The van der Waals surface area contributed by atoms with Crippen LogP contribution < -0.4 is 15.0 Å². The Balaban J connectivity index is 2.04. The lowest BCUT2D eigenvalue weighted by Crippen LogP contribution is -2.44. The molecular formula is C27H31N3O2. The molecule has 0 saturated heterocycles. The maximum atomic E-state index is 12.9. The molecule has 32 heavy (non-hydrogen) atoms. The van der Waals surface area contributed by atoms with Gasteiger partial charge in [-0.2, -0.15) is 5.26 Å². The zero-order valence-corrected chi connectivity index (χ0v) is 20.0. The Morgan fingerprint density at radius 2 is 1.94 bits per heavy atom. The van der Waals surface area contributed by atoms with Gasteiger partial charge in [-0.25, -0.2) is 0 Å². The van der Waals surface area contributed by atoms with Gasteiger partial charge in [-0.3, -0.25) is 4.79 Å². The number of hydrogen-bond donors (Lipinski definition) is 1. The van der Waals surface area contributed by atoms with Crippen LogP contribution in [0.5, 0.6) is 5.75 Å². The first-order valence-electron chi connectivity index (χ1n) is 10.8.